The van der Waals surface area contributed by atoms with Crippen molar-refractivity contribution in [1.82, 2.24) is 19.9 Å². The summed E-state index contributed by atoms with van der Waals surface area (Å²) in [5.41, 5.74) is 10.2. The highest BCUT2D eigenvalue weighted by Crippen LogP contribution is 2.44. The summed E-state index contributed by atoms with van der Waals surface area (Å²) in [7, 11) is 0. The zero-order valence-corrected chi connectivity index (χ0v) is 19.5. The number of nitrogens with zero attached hydrogens (tertiary/aromatic N) is 4. The summed E-state index contributed by atoms with van der Waals surface area (Å²) in [6, 6.07) is 14.1. The van der Waals surface area contributed by atoms with E-state index >= 15 is 0 Å². The van der Waals surface area contributed by atoms with Crippen LogP contribution in [0.5, 0.6) is 0 Å². The molecule has 1 fully saturated rings. The van der Waals surface area contributed by atoms with E-state index in [0.29, 0.717) is 11.7 Å². The van der Waals surface area contributed by atoms with Gasteiger partial charge in [-0.25, -0.2) is 15.0 Å². The fourth-order valence-electron chi connectivity index (χ4n) is 4.27. The van der Waals surface area contributed by atoms with E-state index in [1.54, 1.807) is 6.20 Å². The molecule has 1 unspecified atom stereocenters. The van der Waals surface area contributed by atoms with Crippen LogP contribution in [0.4, 0.5) is 17.3 Å². The third-order valence-corrected chi connectivity index (χ3v) is 6.18. The van der Waals surface area contributed by atoms with Crippen LogP contribution < -0.4 is 16.4 Å². The van der Waals surface area contributed by atoms with Crippen molar-refractivity contribution in [3.8, 4) is 11.4 Å². The molecule has 7 nitrogen and oxygen atoms in total. The molecule has 0 aliphatic heterocycles. The molecule has 5 rings (SSSR count). The highest BCUT2D eigenvalue weighted by molar-refractivity contribution is 5.93. The molecular weight excluding hydrogens is 422 g/mol. The van der Waals surface area contributed by atoms with Gasteiger partial charge in [0.15, 0.2) is 5.82 Å². The lowest BCUT2D eigenvalue weighted by Gasteiger charge is -2.15. The third-order valence-electron chi connectivity index (χ3n) is 6.18. The number of hydrogen-bond acceptors (Lipinski definition) is 7. The molecule has 1 aliphatic rings. The zero-order valence-electron chi connectivity index (χ0n) is 19.5. The highest BCUT2D eigenvalue weighted by atomic mass is 15.0. The van der Waals surface area contributed by atoms with Gasteiger partial charge in [-0.1, -0.05) is 31.5 Å². The van der Waals surface area contributed by atoms with Gasteiger partial charge in [-0.05, 0) is 61.4 Å². The normalized spacial score (nSPS) is 14.2. The molecule has 4 aromatic rings. The quantitative estimate of drug-likeness (QED) is 0.286. The van der Waals surface area contributed by atoms with Gasteiger partial charge in [0, 0.05) is 41.6 Å². The minimum Gasteiger partial charge on any atom is -0.369 e. The van der Waals surface area contributed by atoms with Gasteiger partial charge < -0.3 is 16.4 Å². The maximum absolute atomic E-state index is 6.25. The Labute approximate surface area is 200 Å². The van der Waals surface area contributed by atoms with E-state index in [1.807, 2.05) is 54.9 Å². The number of anilines is 3. The Morgan fingerprint density at radius 3 is 2.71 bits per heavy atom. The molecule has 1 aromatic carbocycles. The summed E-state index contributed by atoms with van der Waals surface area (Å²) in [5, 5.41) is 8.01. The standard InChI is InChI=1S/C27H31N7/c1-2-6-20(28)12-14-31-27-25-22(18-9-10-18)16-29-17-23(25)33-26(34-27)19-11-13-30-24(15-19)32-21-7-4-3-5-8-21/h3-5,7-8,11,13,15-18,20H,2,6,9-10,12,14,28H2,1H3,(H,30,32)(H,31,33,34). The number of fused-ring (bicyclic) bond motifs is 1. The van der Waals surface area contributed by atoms with Crippen molar-refractivity contribution in [1.29, 1.82) is 0 Å². The lowest BCUT2D eigenvalue weighted by atomic mass is 10.1. The number of nitrogens with two attached hydrogens (primary N) is 1. The number of benzene rings is 1. The average Bonchev–Trinajstić information content (AvgIpc) is 3.70. The van der Waals surface area contributed by atoms with E-state index in [1.165, 1.54) is 18.4 Å². The maximum Gasteiger partial charge on any atom is 0.162 e. The fourth-order valence-corrected chi connectivity index (χ4v) is 4.27. The number of hydrogen-bond donors (Lipinski definition) is 3. The van der Waals surface area contributed by atoms with Gasteiger partial charge in [0.1, 0.15) is 11.6 Å². The minimum absolute atomic E-state index is 0.196. The van der Waals surface area contributed by atoms with Crippen molar-refractivity contribution in [2.24, 2.45) is 5.73 Å². The Balaban J connectivity index is 1.49. The number of para-hydroxylation sites is 1. The maximum atomic E-state index is 6.25. The minimum atomic E-state index is 0.196. The summed E-state index contributed by atoms with van der Waals surface area (Å²) in [5.74, 6) is 2.82. The molecule has 7 heteroatoms. The first kappa shape index (κ1) is 22.2. The van der Waals surface area contributed by atoms with E-state index in [4.69, 9.17) is 15.7 Å². The van der Waals surface area contributed by atoms with Crippen LogP contribution in [0.15, 0.2) is 61.1 Å². The van der Waals surface area contributed by atoms with E-state index < -0.39 is 0 Å². The molecule has 0 saturated heterocycles. The van der Waals surface area contributed by atoms with Crippen molar-refractivity contribution < 1.29 is 0 Å². The summed E-state index contributed by atoms with van der Waals surface area (Å²) in [6.45, 7) is 2.94. The number of rotatable bonds is 10. The van der Waals surface area contributed by atoms with Crippen molar-refractivity contribution >= 4 is 28.2 Å². The Kier molecular flexibility index (Phi) is 6.62. The van der Waals surface area contributed by atoms with E-state index in [2.05, 4.69) is 27.5 Å². The van der Waals surface area contributed by atoms with Crippen LogP contribution in [0.25, 0.3) is 22.3 Å². The second kappa shape index (κ2) is 10.1. The third kappa shape index (κ3) is 5.15. The predicted molar refractivity (Wildman–Crippen MR) is 138 cm³/mol. The smallest absolute Gasteiger partial charge is 0.162 e. The van der Waals surface area contributed by atoms with Crippen LogP contribution in [0, 0.1) is 0 Å². The van der Waals surface area contributed by atoms with Gasteiger partial charge in [-0.2, -0.15) is 0 Å². The summed E-state index contributed by atoms with van der Waals surface area (Å²) < 4.78 is 0. The first-order valence-electron chi connectivity index (χ1n) is 12.1. The first-order valence-corrected chi connectivity index (χ1v) is 12.1. The SMILES string of the molecule is CCCC(N)CCNc1nc(-c2ccnc(Nc3ccccc3)c2)nc2cncc(C3CC3)c12. The van der Waals surface area contributed by atoms with Gasteiger partial charge in [0.25, 0.3) is 0 Å². The van der Waals surface area contributed by atoms with E-state index in [9.17, 15) is 0 Å². The first-order chi connectivity index (χ1) is 16.7. The molecule has 4 N–H and O–H groups in total. The van der Waals surface area contributed by atoms with Gasteiger partial charge in [-0.3, -0.25) is 4.98 Å². The van der Waals surface area contributed by atoms with Crippen molar-refractivity contribution in [2.75, 3.05) is 17.2 Å². The lowest BCUT2D eigenvalue weighted by molar-refractivity contribution is 0.575. The van der Waals surface area contributed by atoms with Crippen molar-refractivity contribution in [3.63, 3.8) is 0 Å². The van der Waals surface area contributed by atoms with E-state index in [0.717, 1.165) is 59.6 Å². The number of nitrogens with one attached hydrogen (secondary N) is 2. The summed E-state index contributed by atoms with van der Waals surface area (Å²) in [6.07, 6.45) is 11.0. The Bertz CT molecular complexity index is 1250. The second-order valence-electron chi connectivity index (χ2n) is 8.98. The molecule has 0 bridgehead atoms. The molecule has 3 aromatic heterocycles. The molecule has 1 saturated carbocycles. The topological polar surface area (TPSA) is 102 Å². The molecule has 1 atom stereocenters. The van der Waals surface area contributed by atoms with E-state index in [-0.39, 0.29) is 6.04 Å². The molecule has 0 amide bonds. The number of aromatic nitrogens is 4. The van der Waals surface area contributed by atoms with Gasteiger partial charge in [0.2, 0.25) is 0 Å². The molecule has 3 heterocycles. The lowest BCUT2D eigenvalue weighted by Crippen LogP contribution is -2.23. The molecular formula is C27H31N7. The van der Waals surface area contributed by atoms with Crippen LogP contribution in [-0.2, 0) is 0 Å². The Hall–Kier alpha value is -3.58. The average molecular weight is 454 g/mol. The Morgan fingerprint density at radius 1 is 1.06 bits per heavy atom. The second-order valence-corrected chi connectivity index (χ2v) is 8.98. The molecule has 0 radical (unpaired) electrons. The van der Waals surface area contributed by atoms with Gasteiger partial charge in [-0.15, -0.1) is 0 Å². The molecule has 174 valence electrons. The largest absolute Gasteiger partial charge is 0.369 e. The summed E-state index contributed by atoms with van der Waals surface area (Å²) >= 11 is 0. The van der Waals surface area contributed by atoms with Crippen LogP contribution in [0.3, 0.4) is 0 Å². The van der Waals surface area contributed by atoms with Crippen LogP contribution >= 0.6 is 0 Å². The molecule has 1 aliphatic carbocycles. The van der Waals surface area contributed by atoms with Crippen molar-refractivity contribution in [3.05, 3.63) is 66.6 Å². The fraction of sp³-hybridized carbons (Fsp3) is 0.333. The van der Waals surface area contributed by atoms with Gasteiger partial charge in [0.05, 0.1) is 11.7 Å². The predicted octanol–water partition coefficient (Wildman–Crippen LogP) is 5.64. The Morgan fingerprint density at radius 2 is 1.91 bits per heavy atom. The highest BCUT2D eigenvalue weighted by Gasteiger charge is 2.27. The number of pyridine rings is 2. The zero-order chi connectivity index (χ0) is 23.3. The van der Waals surface area contributed by atoms with Crippen LogP contribution in [-0.4, -0.2) is 32.5 Å². The summed E-state index contributed by atoms with van der Waals surface area (Å²) in [4.78, 5) is 18.9. The molecule has 34 heavy (non-hydrogen) atoms. The van der Waals surface area contributed by atoms with Crippen molar-refractivity contribution in [2.45, 2.75) is 51.0 Å². The van der Waals surface area contributed by atoms with Crippen LogP contribution in [0.1, 0.15) is 50.5 Å². The van der Waals surface area contributed by atoms with Gasteiger partial charge >= 0.3 is 0 Å². The van der Waals surface area contributed by atoms with Crippen LogP contribution in [0.2, 0.25) is 0 Å². The monoisotopic (exact) mass is 453 g/mol. The molecule has 0 spiro atoms.